The molecule has 0 atom stereocenters. The highest BCUT2D eigenvalue weighted by Gasteiger charge is 2.15. The highest BCUT2D eigenvalue weighted by atomic mass is 16.2. The van der Waals surface area contributed by atoms with Gasteiger partial charge in [-0.25, -0.2) is 4.79 Å². The Morgan fingerprint density at radius 2 is 1.67 bits per heavy atom. The lowest BCUT2D eigenvalue weighted by Gasteiger charge is -2.26. The highest BCUT2D eigenvalue weighted by Crippen LogP contribution is 2.07. The van der Waals surface area contributed by atoms with Crippen LogP contribution in [0.3, 0.4) is 0 Å². The minimum atomic E-state index is -0.0674. The maximum Gasteiger partial charge on any atom is 0.317 e. The first-order valence-corrected chi connectivity index (χ1v) is 5.47. The van der Waals surface area contributed by atoms with Crippen molar-refractivity contribution in [1.29, 1.82) is 0 Å². The molecule has 15 heavy (non-hydrogen) atoms. The van der Waals surface area contributed by atoms with Crippen LogP contribution in [0.15, 0.2) is 0 Å². The number of nitrogens with zero attached hydrogens (tertiary/aromatic N) is 1. The summed E-state index contributed by atoms with van der Waals surface area (Å²) in [5.41, 5.74) is 0. The Morgan fingerprint density at radius 1 is 1.07 bits per heavy atom. The quantitative estimate of drug-likeness (QED) is 0.663. The minimum Gasteiger partial charge on any atom is -0.355 e. The van der Waals surface area contributed by atoms with Gasteiger partial charge in [0.05, 0.1) is 0 Å². The van der Waals surface area contributed by atoms with Crippen LogP contribution < -0.4 is 10.6 Å². The van der Waals surface area contributed by atoms with Crippen molar-refractivity contribution in [3.05, 3.63) is 0 Å². The van der Waals surface area contributed by atoms with E-state index in [0.29, 0.717) is 13.1 Å². The van der Waals surface area contributed by atoms with E-state index in [1.54, 1.807) is 0 Å². The number of amides is 3. The molecule has 1 heterocycles. The van der Waals surface area contributed by atoms with E-state index in [-0.39, 0.29) is 11.9 Å². The van der Waals surface area contributed by atoms with E-state index in [4.69, 9.17) is 0 Å². The molecule has 0 unspecified atom stereocenters. The number of piperidine rings is 1. The molecule has 1 rings (SSSR count). The second-order valence-electron chi connectivity index (χ2n) is 3.76. The van der Waals surface area contributed by atoms with Gasteiger partial charge in [0.15, 0.2) is 0 Å². The number of nitrogens with one attached hydrogen (secondary N) is 2. The number of hydrogen-bond acceptors (Lipinski definition) is 2. The lowest BCUT2D eigenvalue weighted by atomic mass is 10.1. The predicted octanol–water partition coefficient (Wildman–Crippen LogP) is 0.318. The highest BCUT2D eigenvalue weighted by molar-refractivity contribution is 5.74. The van der Waals surface area contributed by atoms with E-state index in [1.165, 1.54) is 13.3 Å². The van der Waals surface area contributed by atoms with Gasteiger partial charge in [-0.3, -0.25) is 4.79 Å². The van der Waals surface area contributed by atoms with Gasteiger partial charge in [0.25, 0.3) is 0 Å². The number of urea groups is 1. The Bertz CT molecular complexity index is 225. The van der Waals surface area contributed by atoms with E-state index in [9.17, 15) is 9.59 Å². The van der Waals surface area contributed by atoms with Crippen LogP contribution in [0.25, 0.3) is 0 Å². The third-order valence-electron chi connectivity index (χ3n) is 2.42. The molecule has 0 saturated carbocycles. The SMILES string of the molecule is CC(=O)NCCNC(=O)N1CCCCC1. The summed E-state index contributed by atoms with van der Waals surface area (Å²) in [5, 5.41) is 5.41. The van der Waals surface area contributed by atoms with Gasteiger partial charge in [0, 0.05) is 33.1 Å². The zero-order valence-corrected chi connectivity index (χ0v) is 9.21. The van der Waals surface area contributed by atoms with Gasteiger partial charge < -0.3 is 15.5 Å². The molecular weight excluding hydrogens is 194 g/mol. The van der Waals surface area contributed by atoms with E-state index >= 15 is 0 Å². The Balaban J connectivity index is 2.09. The van der Waals surface area contributed by atoms with Gasteiger partial charge in [0.2, 0.25) is 5.91 Å². The molecule has 0 aliphatic carbocycles. The molecule has 1 aliphatic heterocycles. The maximum atomic E-state index is 11.5. The minimum absolute atomic E-state index is 0.0138. The summed E-state index contributed by atoms with van der Waals surface area (Å²) in [4.78, 5) is 23.9. The maximum absolute atomic E-state index is 11.5. The summed E-state index contributed by atoms with van der Waals surface area (Å²) < 4.78 is 0. The van der Waals surface area contributed by atoms with Crippen molar-refractivity contribution in [3.8, 4) is 0 Å². The Hall–Kier alpha value is -1.26. The molecule has 0 radical (unpaired) electrons. The second-order valence-corrected chi connectivity index (χ2v) is 3.76. The van der Waals surface area contributed by atoms with Crippen LogP contribution in [0.4, 0.5) is 4.79 Å². The molecule has 3 amide bonds. The van der Waals surface area contributed by atoms with Gasteiger partial charge in [-0.2, -0.15) is 0 Å². The van der Waals surface area contributed by atoms with Crippen LogP contribution in [0.2, 0.25) is 0 Å². The zero-order valence-electron chi connectivity index (χ0n) is 9.21. The van der Waals surface area contributed by atoms with Crippen molar-refractivity contribution >= 4 is 11.9 Å². The molecule has 0 aromatic heterocycles. The monoisotopic (exact) mass is 213 g/mol. The van der Waals surface area contributed by atoms with E-state index < -0.39 is 0 Å². The van der Waals surface area contributed by atoms with Crippen molar-refractivity contribution in [2.45, 2.75) is 26.2 Å². The molecule has 1 aliphatic rings. The smallest absolute Gasteiger partial charge is 0.317 e. The number of likely N-dealkylation sites (tertiary alicyclic amines) is 1. The number of rotatable bonds is 3. The van der Waals surface area contributed by atoms with E-state index in [2.05, 4.69) is 10.6 Å². The average Bonchev–Trinajstić information content (AvgIpc) is 2.25. The molecule has 1 fully saturated rings. The molecule has 1 saturated heterocycles. The molecule has 2 N–H and O–H groups in total. The van der Waals surface area contributed by atoms with Gasteiger partial charge in [-0.15, -0.1) is 0 Å². The average molecular weight is 213 g/mol. The van der Waals surface area contributed by atoms with Crippen molar-refractivity contribution in [1.82, 2.24) is 15.5 Å². The topological polar surface area (TPSA) is 61.4 Å². The summed E-state index contributed by atoms with van der Waals surface area (Å²) in [6.07, 6.45) is 3.41. The third-order valence-corrected chi connectivity index (χ3v) is 2.42. The Kier molecular flexibility index (Phi) is 4.93. The number of carbonyl (C=O) groups excluding carboxylic acids is 2. The molecule has 0 aromatic carbocycles. The van der Waals surface area contributed by atoms with Crippen molar-refractivity contribution < 1.29 is 9.59 Å². The summed E-state index contributed by atoms with van der Waals surface area (Å²) >= 11 is 0. The van der Waals surface area contributed by atoms with Crippen LogP contribution in [-0.2, 0) is 4.79 Å². The van der Waals surface area contributed by atoms with E-state index in [0.717, 1.165) is 25.9 Å². The standard InChI is InChI=1S/C10H19N3O2/c1-9(14)11-5-6-12-10(15)13-7-3-2-4-8-13/h2-8H2,1H3,(H,11,14)(H,12,15). The fourth-order valence-corrected chi connectivity index (χ4v) is 1.62. The van der Waals surface area contributed by atoms with Crippen LogP contribution in [0.1, 0.15) is 26.2 Å². The van der Waals surface area contributed by atoms with Gasteiger partial charge in [-0.05, 0) is 19.3 Å². The lowest BCUT2D eigenvalue weighted by Crippen LogP contribution is -2.44. The molecule has 0 spiro atoms. The van der Waals surface area contributed by atoms with Crippen LogP contribution in [0, 0.1) is 0 Å². The molecule has 5 nitrogen and oxygen atoms in total. The second kappa shape index (κ2) is 6.27. The molecule has 0 bridgehead atoms. The zero-order chi connectivity index (χ0) is 11.1. The van der Waals surface area contributed by atoms with Crippen LogP contribution in [-0.4, -0.2) is 43.0 Å². The largest absolute Gasteiger partial charge is 0.355 e. The number of hydrogen-bond donors (Lipinski definition) is 2. The Morgan fingerprint density at radius 3 is 2.27 bits per heavy atom. The van der Waals surface area contributed by atoms with Crippen molar-refractivity contribution in [2.75, 3.05) is 26.2 Å². The van der Waals surface area contributed by atoms with Gasteiger partial charge in [-0.1, -0.05) is 0 Å². The normalized spacial score (nSPS) is 15.9. The van der Waals surface area contributed by atoms with Crippen molar-refractivity contribution in [3.63, 3.8) is 0 Å². The van der Waals surface area contributed by atoms with Crippen molar-refractivity contribution in [2.24, 2.45) is 0 Å². The van der Waals surface area contributed by atoms with Crippen LogP contribution in [0.5, 0.6) is 0 Å². The summed E-state index contributed by atoms with van der Waals surface area (Å²) in [6, 6.07) is -0.0138. The summed E-state index contributed by atoms with van der Waals surface area (Å²) in [6.45, 7) is 4.16. The summed E-state index contributed by atoms with van der Waals surface area (Å²) in [5.74, 6) is -0.0674. The third kappa shape index (κ3) is 4.67. The van der Waals surface area contributed by atoms with Gasteiger partial charge in [0.1, 0.15) is 0 Å². The van der Waals surface area contributed by atoms with Gasteiger partial charge >= 0.3 is 6.03 Å². The number of carbonyl (C=O) groups is 2. The fourth-order valence-electron chi connectivity index (χ4n) is 1.62. The first-order chi connectivity index (χ1) is 7.20. The molecule has 0 aromatic rings. The molecule has 5 heteroatoms. The summed E-state index contributed by atoms with van der Waals surface area (Å²) in [7, 11) is 0. The van der Waals surface area contributed by atoms with E-state index in [1.807, 2.05) is 4.90 Å². The fraction of sp³-hybridized carbons (Fsp3) is 0.800. The Labute approximate surface area is 90.2 Å². The lowest BCUT2D eigenvalue weighted by molar-refractivity contribution is -0.118. The van der Waals surface area contributed by atoms with Crippen LogP contribution >= 0.6 is 0 Å². The molecule has 86 valence electrons. The predicted molar refractivity (Wildman–Crippen MR) is 57.5 cm³/mol. The first kappa shape index (κ1) is 11.8. The first-order valence-electron chi connectivity index (χ1n) is 5.47. The molecular formula is C10H19N3O2.